The fraction of sp³-hybridized carbons (Fsp3) is 0.727. The lowest BCUT2D eigenvalue weighted by atomic mass is 9.80. The summed E-state index contributed by atoms with van der Waals surface area (Å²) >= 11 is 0. The van der Waals surface area contributed by atoms with Crippen molar-refractivity contribution in [1.82, 2.24) is 0 Å². The number of sulfone groups is 1. The molecule has 0 aromatic heterocycles. The molecule has 0 N–H and O–H groups in total. The molecular weight excluding hydrogens is 328 g/mol. The lowest BCUT2D eigenvalue weighted by molar-refractivity contribution is 0.272. The molecule has 0 aliphatic heterocycles. The molecule has 1 aliphatic carbocycles. The maximum absolute atomic E-state index is 12.1. The third kappa shape index (κ3) is 7.52. The van der Waals surface area contributed by atoms with Crippen molar-refractivity contribution in [3.63, 3.8) is 0 Å². The number of rotatable bonds is 10. The van der Waals surface area contributed by atoms with E-state index >= 15 is 0 Å². The van der Waals surface area contributed by atoms with E-state index in [9.17, 15) is 8.42 Å². The normalized spacial score (nSPS) is 21.6. The van der Waals surface area contributed by atoms with Gasteiger partial charge in [0.1, 0.15) is 0 Å². The van der Waals surface area contributed by atoms with Gasteiger partial charge in [-0.1, -0.05) is 68.9 Å². The Labute approximate surface area is 155 Å². The van der Waals surface area contributed by atoms with Crippen molar-refractivity contribution < 1.29 is 8.42 Å². The second-order valence-electron chi connectivity index (χ2n) is 8.20. The predicted molar refractivity (Wildman–Crippen MR) is 108 cm³/mol. The fourth-order valence-electron chi connectivity index (χ4n) is 3.97. The van der Waals surface area contributed by atoms with Gasteiger partial charge in [0.25, 0.3) is 0 Å². The van der Waals surface area contributed by atoms with Crippen LogP contribution in [0.4, 0.5) is 0 Å². The molecule has 0 amide bonds. The van der Waals surface area contributed by atoms with E-state index in [-0.39, 0.29) is 5.25 Å². The van der Waals surface area contributed by atoms with Crippen molar-refractivity contribution in [2.24, 2.45) is 11.8 Å². The maximum Gasteiger partial charge on any atom is 0.152 e. The van der Waals surface area contributed by atoms with Gasteiger partial charge in [-0.2, -0.15) is 0 Å². The molecule has 1 fully saturated rings. The first-order valence-electron chi connectivity index (χ1n) is 10.2. The van der Waals surface area contributed by atoms with E-state index in [1.165, 1.54) is 56.9 Å². The molecule has 2 rings (SSSR count). The van der Waals surface area contributed by atoms with Crippen LogP contribution in [0.2, 0.25) is 0 Å². The Morgan fingerprint density at radius 1 is 0.880 bits per heavy atom. The lowest BCUT2D eigenvalue weighted by Crippen LogP contribution is -2.26. The second-order valence-corrected chi connectivity index (χ2v) is 10.8. The van der Waals surface area contributed by atoms with Crippen molar-refractivity contribution >= 4 is 9.84 Å². The highest BCUT2D eigenvalue weighted by Gasteiger charge is 2.26. The third-order valence-corrected chi connectivity index (χ3v) is 8.20. The van der Waals surface area contributed by atoms with Gasteiger partial charge in [0.05, 0.1) is 11.0 Å². The highest BCUT2D eigenvalue weighted by molar-refractivity contribution is 7.91. The summed E-state index contributed by atoms with van der Waals surface area (Å²) < 4.78 is 24.1. The van der Waals surface area contributed by atoms with Crippen LogP contribution in [-0.4, -0.2) is 19.4 Å². The minimum atomic E-state index is -2.87. The molecule has 0 atom stereocenters. The van der Waals surface area contributed by atoms with Gasteiger partial charge in [0.15, 0.2) is 9.84 Å². The van der Waals surface area contributed by atoms with E-state index < -0.39 is 9.84 Å². The Hall–Kier alpha value is -0.830. The van der Waals surface area contributed by atoms with Crippen LogP contribution in [0.1, 0.15) is 77.2 Å². The van der Waals surface area contributed by atoms with Crippen LogP contribution in [0.15, 0.2) is 30.3 Å². The molecule has 25 heavy (non-hydrogen) atoms. The van der Waals surface area contributed by atoms with Crippen molar-refractivity contribution in [2.45, 2.75) is 83.3 Å². The SMILES string of the molecule is CC(C)S(=O)(=O)CC1CCC(CCCCCCc2ccccc2)CC1. The molecule has 0 spiro atoms. The standard InChI is InChI=1S/C22H36O2S/c1-19(2)25(23,24)18-22-16-14-21(15-17-22)13-7-4-3-6-10-20-11-8-5-9-12-20/h5,8-9,11-12,19,21-22H,3-4,6-7,10,13-18H2,1-2H3. The summed E-state index contributed by atoms with van der Waals surface area (Å²) in [5.41, 5.74) is 1.46. The van der Waals surface area contributed by atoms with E-state index in [1.807, 2.05) is 0 Å². The first kappa shape index (κ1) is 20.5. The fourth-order valence-corrected chi connectivity index (χ4v) is 5.34. The zero-order valence-electron chi connectivity index (χ0n) is 16.1. The maximum atomic E-state index is 12.1. The van der Waals surface area contributed by atoms with Crippen LogP contribution in [-0.2, 0) is 16.3 Å². The summed E-state index contributed by atoms with van der Waals surface area (Å²) in [6.45, 7) is 3.61. The largest absolute Gasteiger partial charge is 0.229 e. The monoisotopic (exact) mass is 364 g/mol. The Bertz CT molecular complexity index is 569. The summed E-state index contributed by atoms with van der Waals surface area (Å²) in [6.07, 6.45) is 12.6. The molecule has 3 heteroatoms. The molecule has 1 saturated carbocycles. The van der Waals surface area contributed by atoms with Crippen LogP contribution in [0, 0.1) is 11.8 Å². The van der Waals surface area contributed by atoms with E-state index in [0.29, 0.717) is 11.7 Å². The summed E-state index contributed by atoms with van der Waals surface area (Å²) in [5, 5.41) is -0.221. The average Bonchev–Trinajstić information content (AvgIpc) is 2.60. The molecule has 1 aromatic rings. The predicted octanol–water partition coefficient (Wildman–Crippen LogP) is 5.81. The van der Waals surface area contributed by atoms with E-state index in [2.05, 4.69) is 30.3 Å². The van der Waals surface area contributed by atoms with Gasteiger partial charge in [0.2, 0.25) is 0 Å². The number of aryl methyl sites for hydroxylation is 1. The Balaban J connectivity index is 1.52. The van der Waals surface area contributed by atoms with Gasteiger partial charge in [0, 0.05) is 0 Å². The summed E-state index contributed by atoms with van der Waals surface area (Å²) in [7, 11) is -2.87. The molecule has 2 nitrogen and oxygen atoms in total. The van der Waals surface area contributed by atoms with E-state index in [4.69, 9.17) is 0 Å². The van der Waals surface area contributed by atoms with Gasteiger partial charge in [-0.15, -0.1) is 0 Å². The number of hydrogen-bond donors (Lipinski definition) is 0. The van der Waals surface area contributed by atoms with E-state index in [0.717, 1.165) is 18.8 Å². The zero-order valence-corrected chi connectivity index (χ0v) is 16.9. The first-order valence-corrected chi connectivity index (χ1v) is 11.9. The second kappa shape index (κ2) is 10.4. The molecule has 0 unspecified atom stereocenters. The van der Waals surface area contributed by atoms with Gasteiger partial charge in [-0.05, 0) is 56.9 Å². The number of hydrogen-bond acceptors (Lipinski definition) is 2. The smallest absolute Gasteiger partial charge is 0.152 e. The molecule has 0 heterocycles. The summed E-state index contributed by atoms with van der Waals surface area (Å²) in [5.74, 6) is 1.67. The van der Waals surface area contributed by atoms with Crippen LogP contribution < -0.4 is 0 Å². The highest BCUT2D eigenvalue weighted by Crippen LogP contribution is 2.33. The van der Waals surface area contributed by atoms with Crippen molar-refractivity contribution in [1.29, 1.82) is 0 Å². The Kier molecular flexibility index (Phi) is 8.48. The number of benzene rings is 1. The van der Waals surface area contributed by atoms with Gasteiger partial charge in [-0.3, -0.25) is 0 Å². The molecule has 1 aromatic carbocycles. The minimum Gasteiger partial charge on any atom is -0.229 e. The topological polar surface area (TPSA) is 34.1 Å². The lowest BCUT2D eigenvalue weighted by Gasteiger charge is -2.28. The van der Waals surface area contributed by atoms with Crippen LogP contribution in [0.3, 0.4) is 0 Å². The molecule has 0 saturated heterocycles. The Morgan fingerprint density at radius 3 is 2.12 bits per heavy atom. The van der Waals surface area contributed by atoms with Crippen LogP contribution in [0.25, 0.3) is 0 Å². The Morgan fingerprint density at radius 2 is 1.48 bits per heavy atom. The quantitative estimate of drug-likeness (QED) is 0.491. The summed E-state index contributed by atoms with van der Waals surface area (Å²) in [6, 6.07) is 10.8. The molecular formula is C22H36O2S. The van der Waals surface area contributed by atoms with E-state index in [1.54, 1.807) is 13.8 Å². The van der Waals surface area contributed by atoms with Crippen molar-refractivity contribution in [3.05, 3.63) is 35.9 Å². The first-order chi connectivity index (χ1) is 12.0. The molecule has 0 radical (unpaired) electrons. The van der Waals surface area contributed by atoms with Crippen molar-refractivity contribution in [2.75, 3.05) is 5.75 Å². The minimum absolute atomic E-state index is 0.221. The van der Waals surface area contributed by atoms with Crippen LogP contribution in [0.5, 0.6) is 0 Å². The molecule has 142 valence electrons. The molecule has 1 aliphatic rings. The highest BCUT2D eigenvalue weighted by atomic mass is 32.2. The van der Waals surface area contributed by atoms with Gasteiger partial charge < -0.3 is 0 Å². The number of unbranched alkanes of at least 4 members (excludes halogenated alkanes) is 3. The third-order valence-electron chi connectivity index (χ3n) is 5.82. The van der Waals surface area contributed by atoms with Gasteiger partial charge >= 0.3 is 0 Å². The van der Waals surface area contributed by atoms with Crippen LogP contribution >= 0.6 is 0 Å². The zero-order chi connectivity index (χ0) is 18.1. The van der Waals surface area contributed by atoms with Crippen molar-refractivity contribution in [3.8, 4) is 0 Å². The molecule has 0 bridgehead atoms. The summed E-state index contributed by atoms with van der Waals surface area (Å²) in [4.78, 5) is 0. The average molecular weight is 365 g/mol. The van der Waals surface area contributed by atoms with Gasteiger partial charge in [-0.25, -0.2) is 8.42 Å².